The fraction of sp³-hybridized carbons (Fsp3) is 0.444. The third-order valence-electron chi connectivity index (χ3n) is 1.27. The molecule has 12 heavy (non-hydrogen) atoms. The van der Waals surface area contributed by atoms with Crippen molar-refractivity contribution in [2.45, 2.75) is 20.8 Å². The van der Waals surface area contributed by atoms with Crippen LogP contribution in [0.15, 0.2) is 23.7 Å². The van der Waals surface area contributed by atoms with Crippen LogP contribution in [0.3, 0.4) is 0 Å². The van der Waals surface area contributed by atoms with Gasteiger partial charge in [0.15, 0.2) is 0 Å². The molecule has 68 valence electrons. The maximum atomic E-state index is 10.4. The number of hydrogen-bond acceptors (Lipinski definition) is 3. The van der Waals surface area contributed by atoms with Crippen LogP contribution in [0.5, 0.6) is 0 Å². The van der Waals surface area contributed by atoms with Gasteiger partial charge in [-0.25, -0.2) is 0 Å². The van der Waals surface area contributed by atoms with Crippen molar-refractivity contribution < 1.29 is 14.3 Å². The van der Waals surface area contributed by atoms with E-state index in [-0.39, 0.29) is 5.97 Å². The van der Waals surface area contributed by atoms with Gasteiger partial charge in [0.25, 0.3) is 0 Å². The third kappa shape index (κ3) is 3.81. The highest BCUT2D eigenvalue weighted by Gasteiger charge is 1.98. The summed E-state index contributed by atoms with van der Waals surface area (Å²) in [5.41, 5.74) is 0.787. The smallest absolute Gasteiger partial charge is 0.307 e. The molecule has 0 aliphatic rings. The van der Waals surface area contributed by atoms with Gasteiger partial charge in [-0.05, 0) is 19.9 Å². The van der Waals surface area contributed by atoms with E-state index in [4.69, 9.17) is 4.74 Å². The van der Waals surface area contributed by atoms with E-state index in [1.807, 2.05) is 13.8 Å². The molecule has 0 spiro atoms. The highest BCUT2D eigenvalue weighted by molar-refractivity contribution is 5.66. The molecule has 0 aromatic heterocycles. The maximum absolute atomic E-state index is 10.4. The molecular weight excluding hydrogens is 156 g/mol. The molecule has 0 radical (unpaired) electrons. The number of allylic oxidation sites excluding steroid dienone is 2. The van der Waals surface area contributed by atoms with E-state index < -0.39 is 0 Å². The van der Waals surface area contributed by atoms with Crippen molar-refractivity contribution in [3.05, 3.63) is 23.7 Å². The van der Waals surface area contributed by atoms with E-state index >= 15 is 0 Å². The van der Waals surface area contributed by atoms with Gasteiger partial charge in [-0.1, -0.05) is 0 Å². The molecule has 0 aliphatic heterocycles. The first kappa shape index (κ1) is 10.8. The molecule has 0 rings (SSSR count). The van der Waals surface area contributed by atoms with Crippen molar-refractivity contribution in [1.82, 2.24) is 0 Å². The second-order valence-corrected chi connectivity index (χ2v) is 2.27. The van der Waals surface area contributed by atoms with Crippen LogP contribution in [-0.4, -0.2) is 13.1 Å². The van der Waals surface area contributed by atoms with Crippen LogP contribution in [0.2, 0.25) is 0 Å². The predicted molar refractivity (Wildman–Crippen MR) is 46.3 cm³/mol. The van der Waals surface area contributed by atoms with Crippen LogP contribution in [0.25, 0.3) is 0 Å². The normalized spacial score (nSPS) is 12.7. The number of carbonyl (C=O) groups is 1. The lowest BCUT2D eigenvalue weighted by atomic mass is 10.3. The molecule has 0 bridgehead atoms. The molecule has 0 atom stereocenters. The van der Waals surface area contributed by atoms with E-state index in [0.29, 0.717) is 5.76 Å². The molecule has 0 fully saturated rings. The Labute approximate surface area is 72.7 Å². The van der Waals surface area contributed by atoms with Gasteiger partial charge in [-0.2, -0.15) is 0 Å². The van der Waals surface area contributed by atoms with Crippen LogP contribution < -0.4 is 0 Å². The first-order valence-corrected chi connectivity index (χ1v) is 3.66. The lowest BCUT2D eigenvalue weighted by molar-refractivity contribution is -0.135. The van der Waals surface area contributed by atoms with Crippen molar-refractivity contribution in [3.63, 3.8) is 0 Å². The Balaban J connectivity index is 4.25. The van der Waals surface area contributed by atoms with E-state index in [1.54, 1.807) is 13.2 Å². The summed E-state index contributed by atoms with van der Waals surface area (Å²) in [5.74, 6) is 0.372. The van der Waals surface area contributed by atoms with Crippen molar-refractivity contribution in [3.8, 4) is 0 Å². The largest absolute Gasteiger partial charge is 0.497 e. The zero-order valence-electron chi connectivity index (χ0n) is 7.88. The monoisotopic (exact) mass is 170 g/mol. The zero-order chi connectivity index (χ0) is 9.56. The van der Waals surface area contributed by atoms with Gasteiger partial charge in [-0.15, -0.1) is 0 Å². The minimum Gasteiger partial charge on any atom is -0.497 e. The predicted octanol–water partition coefficient (Wildman–Crippen LogP) is 2.00. The number of rotatable bonds is 3. The number of esters is 1. The molecular formula is C9H14O3. The van der Waals surface area contributed by atoms with Gasteiger partial charge in [-0.3, -0.25) is 4.79 Å². The minimum absolute atomic E-state index is 0.332. The van der Waals surface area contributed by atoms with Gasteiger partial charge in [0.05, 0.1) is 7.11 Å². The highest BCUT2D eigenvalue weighted by atomic mass is 16.5. The molecule has 3 nitrogen and oxygen atoms in total. The summed E-state index contributed by atoms with van der Waals surface area (Å²) in [5, 5.41) is 0. The fourth-order valence-corrected chi connectivity index (χ4v) is 0.736. The van der Waals surface area contributed by atoms with Gasteiger partial charge < -0.3 is 9.47 Å². The van der Waals surface area contributed by atoms with Gasteiger partial charge in [0.2, 0.25) is 0 Å². The Kier molecular flexibility index (Phi) is 4.84. The van der Waals surface area contributed by atoms with Crippen molar-refractivity contribution >= 4 is 5.97 Å². The van der Waals surface area contributed by atoms with Gasteiger partial charge >= 0.3 is 5.97 Å². The summed E-state index contributed by atoms with van der Waals surface area (Å²) in [6.45, 7) is 5.01. The summed E-state index contributed by atoms with van der Waals surface area (Å²) >= 11 is 0. The van der Waals surface area contributed by atoms with Crippen molar-refractivity contribution in [1.29, 1.82) is 0 Å². The van der Waals surface area contributed by atoms with Crippen LogP contribution in [0.4, 0.5) is 0 Å². The summed E-state index contributed by atoms with van der Waals surface area (Å²) in [7, 11) is 1.57. The second kappa shape index (κ2) is 5.41. The number of ether oxygens (including phenoxy) is 2. The average molecular weight is 170 g/mol. The van der Waals surface area contributed by atoms with Crippen LogP contribution in [0, 0.1) is 0 Å². The fourth-order valence-electron chi connectivity index (χ4n) is 0.736. The van der Waals surface area contributed by atoms with Crippen LogP contribution in [-0.2, 0) is 14.3 Å². The summed E-state index contributed by atoms with van der Waals surface area (Å²) in [6, 6.07) is 0. The molecule has 0 unspecified atom stereocenters. The molecule has 0 aliphatic carbocycles. The summed E-state index contributed by atoms with van der Waals surface area (Å²) < 4.78 is 9.66. The lowest BCUT2D eigenvalue weighted by Gasteiger charge is -2.04. The number of hydrogen-bond donors (Lipinski definition) is 0. The quantitative estimate of drug-likeness (QED) is 0.369. The van der Waals surface area contributed by atoms with E-state index in [0.717, 1.165) is 5.57 Å². The van der Waals surface area contributed by atoms with E-state index in [9.17, 15) is 4.79 Å². The third-order valence-corrected chi connectivity index (χ3v) is 1.27. The molecule has 0 saturated carbocycles. The first-order valence-electron chi connectivity index (χ1n) is 3.66. The van der Waals surface area contributed by atoms with E-state index in [1.165, 1.54) is 13.2 Å². The highest BCUT2D eigenvalue weighted by Crippen LogP contribution is 2.09. The van der Waals surface area contributed by atoms with Crippen LogP contribution >= 0.6 is 0 Å². The zero-order valence-corrected chi connectivity index (χ0v) is 7.88. The molecule has 0 aromatic carbocycles. The first-order chi connectivity index (χ1) is 5.61. The van der Waals surface area contributed by atoms with Crippen LogP contribution in [0.1, 0.15) is 20.8 Å². The minimum atomic E-state index is -0.332. The number of methoxy groups -OCH3 is 1. The Hall–Kier alpha value is -1.25. The topological polar surface area (TPSA) is 35.5 Å². The summed E-state index contributed by atoms with van der Waals surface area (Å²) in [4.78, 5) is 10.4. The molecule has 0 heterocycles. The Morgan fingerprint density at radius 3 is 2.25 bits per heavy atom. The number of carbonyl (C=O) groups excluding carboxylic acids is 1. The average Bonchev–Trinajstić information content (AvgIpc) is 2.03. The Morgan fingerprint density at radius 2 is 1.92 bits per heavy atom. The van der Waals surface area contributed by atoms with Gasteiger partial charge in [0.1, 0.15) is 12.0 Å². The SMILES string of the molecule is CC=C(OC)C(C)=COC(C)=O. The molecule has 0 N–H and O–H groups in total. The van der Waals surface area contributed by atoms with Crippen molar-refractivity contribution in [2.24, 2.45) is 0 Å². The van der Waals surface area contributed by atoms with Gasteiger partial charge in [0, 0.05) is 12.5 Å². The second-order valence-electron chi connectivity index (χ2n) is 2.27. The molecule has 0 aromatic rings. The lowest BCUT2D eigenvalue weighted by Crippen LogP contribution is -1.94. The van der Waals surface area contributed by atoms with E-state index in [2.05, 4.69) is 4.74 Å². The molecule has 0 amide bonds. The summed E-state index contributed by atoms with van der Waals surface area (Å²) in [6.07, 6.45) is 3.18. The Morgan fingerprint density at radius 1 is 1.33 bits per heavy atom. The molecule has 0 saturated heterocycles. The maximum Gasteiger partial charge on any atom is 0.307 e. The molecule has 3 heteroatoms. The Bertz CT molecular complexity index is 214. The standard InChI is InChI=1S/C9H14O3/c1-5-9(11-4)7(2)6-12-8(3)10/h5-6H,1-4H3. The van der Waals surface area contributed by atoms with Crippen molar-refractivity contribution in [2.75, 3.05) is 7.11 Å².